The SMILES string of the molecule is CCc1cc2c(-c3cccc4ccccc34)cc(C(C)C)cc2[cH-]1.[Cl][Zr][Cl]. The van der Waals surface area contributed by atoms with Gasteiger partial charge in [-0.15, -0.1) is 28.5 Å². The fourth-order valence-electron chi connectivity index (χ4n) is 3.63. The average Bonchev–Trinajstić information content (AvgIpc) is 3.11. The normalized spacial score (nSPS) is 10.9. The number of rotatable bonds is 3. The third-order valence-corrected chi connectivity index (χ3v) is 5.06. The molecule has 138 valence electrons. The summed E-state index contributed by atoms with van der Waals surface area (Å²) in [5.74, 6) is 0.531. The predicted octanol–water partition coefficient (Wildman–Crippen LogP) is 8.44. The van der Waals surface area contributed by atoms with Gasteiger partial charge in [-0.05, 0) is 28.7 Å². The molecule has 0 heterocycles. The summed E-state index contributed by atoms with van der Waals surface area (Å²) in [6.45, 7) is 6.78. The van der Waals surface area contributed by atoms with Crippen molar-refractivity contribution < 1.29 is 20.8 Å². The van der Waals surface area contributed by atoms with Crippen molar-refractivity contribution in [2.24, 2.45) is 0 Å². The van der Waals surface area contributed by atoms with E-state index in [1.807, 2.05) is 0 Å². The van der Waals surface area contributed by atoms with E-state index in [-0.39, 0.29) is 0 Å². The van der Waals surface area contributed by atoms with Crippen LogP contribution in [0.5, 0.6) is 0 Å². The summed E-state index contributed by atoms with van der Waals surface area (Å²) in [6, 6.07) is 24.8. The third kappa shape index (κ3) is 4.53. The van der Waals surface area contributed by atoms with E-state index in [1.165, 1.54) is 43.8 Å². The van der Waals surface area contributed by atoms with E-state index in [9.17, 15) is 0 Å². The van der Waals surface area contributed by atoms with Crippen LogP contribution >= 0.6 is 17.0 Å². The van der Waals surface area contributed by atoms with Gasteiger partial charge >= 0.3 is 37.9 Å². The van der Waals surface area contributed by atoms with Crippen LogP contribution in [0.2, 0.25) is 0 Å². The topological polar surface area (TPSA) is 0 Å². The van der Waals surface area contributed by atoms with Crippen LogP contribution in [0.15, 0.2) is 66.7 Å². The second-order valence-corrected chi connectivity index (χ2v) is 10.8. The van der Waals surface area contributed by atoms with Gasteiger partial charge < -0.3 is 0 Å². The maximum atomic E-state index is 4.93. The second kappa shape index (κ2) is 9.46. The van der Waals surface area contributed by atoms with Gasteiger partial charge in [-0.25, -0.2) is 0 Å². The zero-order valence-electron chi connectivity index (χ0n) is 15.9. The van der Waals surface area contributed by atoms with Crippen LogP contribution in [0, 0.1) is 0 Å². The number of aryl methyl sites for hydroxylation is 1. The quantitative estimate of drug-likeness (QED) is 0.262. The van der Waals surface area contributed by atoms with Crippen molar-refractivity contribution in [2.75, 3.05) is 0 Å². The molecule has 4 rings (SSSR count). The molecule has 0 N–H and O–H groups in total. The van der Waals surface area contributed by atoms with Crippen LogP contribution in [-0.2, 0) is 27.3 Å². The Morgan fingerprint density at radius 1 is 0.889 bits per heavy atom. The molecule has 4 aromatic rings. The number of halogens is 2. The molecule has 0 spiro atoms. The number of benzene rings is 3. The van der Waals surface area contributed by atoms with Gasteiger partial charge in [0.2, 0.25) is 0 Å². The Hall–Kier alpha value is -1.01. The van der Waals surface area contributed by atoms with E-state index in [0.717, 1.165) is 6.42 Å². The van der Waals surface area contributed by atoms with E-state index in [0.29, 0.717) is 5.92 Å². The monoisotopic (exact) mass is 471 g/mol. The zero-order chi connectivity index (χ0) is 19.4. The van der Waals surface area contributed by atoms with Gasteiger partial charge in [0.05, 0.1) is 0 Å². The molecule has 0 saturated carbocycles. The van der Waals surface area contributed by atoms with E-state index >= 15 is 0 Å². The average molecular weight is 474 g/mol. The summed E-state index contributed by atoms with van der Waals surface area (Å²) in [7, 11) is 9.87. The fraction of sp³-hybridized carbons (Fsp3) is 0.208. The molecule has 27 heavy (non-hydrogen) atoms. The Labute approximate surface area is 180 Å². The third-order valence-electron chi connectivity index (χ3n) is 5.06. The molecule has 0 radical (unpaired) electrons. The van der Waals surface area contributed by atoms with Gasteiger partial charge in [0.25, 0.3) is 0 Å². The Morgan fingerprint density at radius 2 is 1.59 bits per heavy atom. The molecule has 0 aliphatic carbocycles. The van der Waals surface area contributed by atoms with E-state index in [4.69, 9.17) is 17.0 Å². The van der Waals surface area contributed by atoms with Crippen LogP contribution in [0.25, 0.3) is 32.7 Å². The van der Waals surface area contributed by atoms with E-state index in [1.54, 1.807) is 0 Å². The molecule has 0 aliphatic rings. The number of hydrogen-bond donors (Lipinski definition) is 0. The summed E-state index contributed by atoms with van der Waals surface area (Å²) >= 11 is -0.826. The molecular weight excluding hydrogens is 450 g/mol. The maximum absolute atomic E-state index is 4.93. The van der Waals surface area contributed by atoms with Crippen molar-refractivity contribution in [3.63, 3.8) is 0 Å². The van der Waals surface area contributed by atoms with Gasteiger partial charge in [0.15, 0.2) is 0 Å². The second-order valence-electron chi connectivity index (χ2n) is 7.04. The predicted molar refractivity (Wildman–Crippen MR) is 118 cm³/mol. The minimum absolute atomic E-state index is 0.531. The van der Waals surface area contributed by atoms with Gasteiger partial charge in [-0.3, -0.25) is 0 Å². The molecule has 0 aromatic heterocycles. The Kier molecular flexibility index (Phi) is 7.26. The molecule has 0 fully saturated rings. The summed E-state index contributed by atoms with van der Waals surface area (Å²) in [5.41, 5.74) is 5.55. The first-order chi connectivity index (χ1) is 13.1. The molecular formula is C24H23Cl2Zr-. The standard InChI is InChI=1S/C24H23.2ClH.Zr/c1-4-17-12-20-14-19(16(2)3)15-24(23(20)13-17)22-11-7-9-18-8-5-6-10-21(18)22;;;/h5-16H,4H2,1-3H3;2*1H;/q-1;;;+2/p-2. The van der Waals surface area contributed by atoms with Crippen LogP contribution in [0.3, 0.4) is 0 Å². The summed E-state index contributed by atoms with van der Waals surface area (Å²) in [4.78, 5) is 0. The summed E-state index contributed by atoms with van der Waals surface area (Å²) < 4.78 is 0. The van der Waals surface area contributed by atoms with Gasteiger partial charge in [0.1, 0.15) is 0 Å². The van der Waals surface area contributed by atoms with Crippen molar-refractivity contribution >= 4 is 38.6 Å². The van der Waals surface area contributed by atoms with Crippen LogP contribution in [-0.4, -0.2) is 0 Å². The molecule has 0 atom stereocenters. The molecule has 0 aliphatic heterocycles. The van der Waals surface area contributed by atoms with Crippen LogP contribution in [0.4, 0.5) is 0 Å². The Balaban J connectivity index is 0.000000659. The van der Waals surface area contributed by atoms with Crippen molar-refractivity contribution in [3.8, 4) is 11.1 Å². The molecule has 0 saturated heterocycles. The van der Waals surface area contributed by atoms with Crippen LogP contribution in [0.1, 0.15) is 37.8 Å². The Morgan fingerprint density at radius 3 is 2.30 bits per heavy atom. The number of fused-ring (bicyclic) bond motifs is 2. The van der Waals surface area contributed by atoms with E-state index in [2.05, 4.69) is 87.5 Å². The zero-order valence-corrected chi connectivity index (χ0v) is 19.9. The minimum atomic E-state index is -0.826. The van der Waals surface area contributed by atoms with Crippen molar-refractivity contribution in [2.45, 2.75) is 33.1 Å². The number of hydrogen-bond acceptors (Lipinski definition) is 0. The molecule has 3 heteroatoms. The molecule has 0 nitrogen and oxygen atoms in total. The molecule has 4 aromatic carbocycles. The van der Waals surface area contributed by atoms with Gasteiger partial charge in [-0.1, -0.05) is 80.4 Å². The van der Waals surface area contributed by atoms with Gasteiger partial charge in [0, 0.05) is 0 Å². The van der Waals surface area contributed by atoms with Crippen molar-refractivity contribution in [3.05, 3.63) is 77.9 Å². The van der Waals surface area contributed by atoms with E-state index < -0.39 is 20.8 Å². The fourth-order valence-corrected chi connectivity index (χ4v) is 3.63. The Bertz CT molecular complexity index is 1040. The first-order valence-corrected chi connectivity index (χ1v) is 15.6. The van der Waals surface area contributed by atoms with Crippen molar-refractivity contribution in [1.29, 1.82) is 0 Å². The molecule has 0 amide bonds. The molecule has 0 bridgehead atoms. The van der Waals surface area contributed by atoms with Crippen molar-refractivity contribution in [1.82, 2.24) is 0 Å². The van der Waals surface area contributed by atoms with Crippen LogP contribution < -0.4 is 0 Å². The molecule has 0 unspecified atom stereocenters. The first kappa shape index (κ1) is 20.7. The summed E-state index contributed by atoms with van der Waals surface area (Å²) in [6.07, 6.45) is 1.08. The first-order valence-electron chi connectivity index (χ1n) is 9.26. The summed E-state index contributed by atoms with van der Waals surface area (Å²) in [5, 5.41) is 5.40. The van der Waals surface area contributed by atoms with Gasteiger partial charge in [-0.2, -0.15) is 6.07 Å².